The molecule has 1 aliphatic rings. The quantitative estimate of drug-likeness (QED) is 0.410. The van der Waals surface area contributed by atoms with Crippen molar-refractivity contribution in [2.45, 2.75) is 24.9 Å². The summed E-state index contributed by atoms with van der Waals surface area (Å²) in [7, 11) is 1.43. The van der Waals surface area contributed by atoms with Crippen molar-refractivity contribution in [1.82, 2.24) is 10.2 Å². The zero-order chi connectivity index (χ0) is 26.2. The van der Waals surface area contributed by atoms with E-state index >= 15 is 0 Å². The first-order chi connectivity index (χ1) is 18.0. The second-order valence-electron chi connectivity index (χ2n) is 8.87. The molecule has 2 N–H and O–H groups in total. The van der Waals surface area contributed by atoms with Crippen molar-refractivity contribution in [3.63, 3.8) is 0 Å². The summed E-state index contributed by atoms with van der Waals surface area (Å²) in [6.07, 6.45) is -0.960. The lowest BCUT2D eigenvalue weighted by molar-refractivity contribution is -0.139. The van der Waals surface area contributed by atoms with Gasteiger partial charge in [-0.05, 0) is 27.8 Å². The first-order valence-electron chi connectivity index (χ1n) is 12.1. The van der Waals surface area contributed by atoms with E-state index < -0.39 is 24.0 Å². The number of nitrogens with one attached hydrogen (secondary N) is 1. The van der Waals surface area contributed by atoms with Crippen LogP contribution in [0.15, 0.2) is 78.9 Å². The maximum absolute atomic E-state index is 13.4. The van der Waals surface area contributed by atoms with E-state index in [4.69, 9.17) is 14.6 Å². The van der Waals surface area contributed by atoms with Crippen LogP contribution < -0.4 is 5.32 Å². The highest BCUT2D eigenvalue weighted by atomic mass is 16.5. The molecule has 0 fully saturated rings. The lowest BCUT2D eigenvalue weighted by Crippen LogP contribution is -2.51. The van der Waals surface area contributed by atoms with E-state index in [-0.39, 0.29) is 38.6 Å². The number of carbonyl (C=O) groups is 3. The average molecular weight is 503 g/mol. The van der Waals surface area contributed by atoms with Crippen molar-refractivity contribution in [2.24, 2.45) is 0 Å². The van der Waals surface area contributed by atoms with E-state index in [0.717, 1.165) is 27.8 Å². The average Bonchev–Trinajstić information content (AvgIpc) is 3.23. The molecule has 3 aromatic carbocycles. The van der Waals surface area contributed by atoms with Gasteiger partial charge in [0.2, 0.25) is 5.91 Å². The van der Waals surface area contributed by atoms with E-state index in [0.29, 0.717) is 0 Å². The molecule has 8 nitrogen and oxygen atoms in total. The molecule has 1 aliphatic carbocycles. The smallest absolute Gasteiger partial charge is 0.407 e. The van der Waals surface area contributed by atoms with E-state index in [2.05, 4.69) is 17.4 Å². The van der Waals surface area contributed by atoms with Crippen molar-refractivity contribution in [2.75, 3.05) is 26.9 Å². The van der Waals surface area contributed by atoms with Gasteiger partial charge in [0.1, 0.15) is 12.6 Å². The number of hydrogen-bond acceptors (Lipinski definition) is 5. The molecule has 1 unspecified atom stereocenters. The zero-order valence-electron chi connectivity index (χ0n) is 20.6. The van der Waals surface area contributed by atoms with Gasteiger partial charge in [-0.25, -0.2) is 4.79 Å². The Morgan fingerprint density at radius 3 is 2.11 bits per heavy atom. The molecule has 0 aromatic heterocycles. The summed E-state index contributed by atoms with van der Waals surface area (Å²) in [5, 5.41) is 11.8. The third kappa shape index (κ3) is 6.34. The van der Waals surface area contributed by atoms with Gasteiger partial charge < -0.3 is 24.8 Å². The minimum absolute atomic E-state index is 0.00432. The van der Waals surface area contributed by atoms with Crippen molar-refractivity contribution >= 4 is 18.0 Å². The number of nitrogens with zero attached hydrogens (tertiary/aromatic N) is 1. The topological polar surface area (TPSA) is 105 Å². The Kier molecular flexibility index (Phi) is 8.53. The third-order valence-electron chi connectivity index (χ3n) is 6.39. The maximum atomic E-state index is 13.4. The highest BCUT2D eigenvalue weighted by molar-refractivity contribution is 5.86. The number of amides is 2. The lowest BCUT2D eigenvalue weighted by atomic mass is 9.98. The summed E-state index contributed by atoms with van der Waals surface area (Å²) < 4.78 is 10.8. The molecule has 0 saturated heterocycles. The molecule has 0 heterocycles. The number of carbonyl (C=O) groups excluding carboxylic acids is 2. The summed E-state index contributed by atoms with van der Waals surface area (Å²) in [5.74, 6) is -1.57. The Balaban J connectivity index is 1.43. The number of methoxy groups -OCH3 is 1. The second kappa shape index (κ2) is 12.2. The number of alkyl carbamates (subject to hydrolysis) is 1. The minimum atomic E-state index is -1.03. The van der Waals surface area contributed by atoms with Crippen LogP contribution in [-0.4, -0.2) is 60.9 Å². The number of ether oxygens (including phenoxy) is 2. The standard InChI is InChI=1S/C29H30N2O6/c1-36-19-26(28(34)31(16-15-27(32)33)17-20-9-3-2-4-10-20)30-29(35)37-18-25-23-13-7-5-11-21(23)22-12-6-8-14-24(22)25/h2-14,25-26H,15-19H2,1H3,(H,30,35)(H,32,33). The van der Waals surface area contributed by atoms with Gasteiger partial charge in [0.05, 0.1) is 13.0 Å². The molecule has 0 radical (unpaired) electrons. The SMILES string of the molecule is COCC(NC(=O)OCC1c2ccccc2-c2ccccc21)C(=O)N(CCC(=O)O)Cc1ccccc1. The molecule has 4 rings (SSSR count). The van der Waals surface area contributed by atoms with Gasteiger partial charge in [0, 0.05) is 26.1 Å². The van der Waals surface area contributed by atoms with E-state index in [1.54, 1.807) is 0 Å². The van der Waals surface area contributed by atoms with Gasteiger partial charge in [-0.3, -0.25) is 9.59 Å². The molecule has 2 amide bonds. The first-order valence-corrected chi connectivity index (χ1v) is 12.1. The minimum Gasteiger partial charge on any atom is -0.481 e. The Morgan fingerprint density at radius 1 is 0.919 bits per heavy atom. The Labute approximate surface area is 215 Å². The van der Waals surface area contributed by atoms with Crippen LogP contribution in [0.5, 0.6) is 0 Å². The van der Waals surface area contributed by atoms with Gasteiger partial charge in [0.25, 0.3) is 0 Å². The van der Waals surface area contributed by atoms with Gasteiger partial charge in [-0.2, -0.15) is 0 Å². The van der Waals surface area contributed by atoms with Crippen molar-refractivity contribution in [1.29, 1.82) is 0 Å². The summed E-state index contributed by atoms with van der Waals surface area (Å²) >= 11 is 0. The number of benzene rings is 3. The summed E-state index contributed by atoms with van der Waals surface area (Å²) in [6, 6.07) is 24.3. The van der Waals surface area contributed by atoms with Crippen LogP contribution >= 0.6 is 0 Å². The van der Waals surface area contributed by atoms with Gasteiger partial charge in [0.15, 0.2) is 0 Å². The number of carboxylic acids is 1. The molecule has 8 heteroatoms. The van der Waals surface area contributed by atoms with Crippen LogP contribution in [0.1, 0.15) is 29.0 Å². The van der Waals surface area contributed by atoms with Crippen LogP contribution in [0, 0.1) is 0 Å². The number of hydrogen-bond donors (Lipinski definition) is 2. The molecule has 1 atom stereocenters. The summed E-state index contributed by atoms with van der Waals surface area (Å²) in [5.41, 5.74) is 5.26. The molecule has 0 saturated carbocycles. The number of aliphatic carboxylic acids is 1. The monoisotopic (exact) mass is 502 g/mol. The normalized spacial score (nSPS) is 12.8. The highest BCUT2D eigenvalue weighted by Crippen LogP contribution is 2.44. The van der Waals surface area contributed by atoms with Gasteiger partial charge in [-0.1, -0.05) is 78.9 Å². The van der Waals surface area contributed by atoms with Crippen LogP contribution in [0.4, 0.5) is 4.79 Å². The van der Waals surface area contributed by atoms with Crippen LogP contribution in [-0.2, 0) is 25.6 Å². The van der Waals surface area contributed by atoms with Gasteiger partial charge in [-0.15, -0.1) is 0 Å². The number of carboxylic acid groups (broad SMARTS) is 1. The van der Waals surface area contributed by atoms with Crippen LogP contribution in [0.3, 0.4) is 0 Å². The predicted octanol–water partition coefficient (Wildman–Crippen LogP) is 4.04. The van der Waals surface area contributed by atoms with Crippen molar-refractivity contribution < 1.29 is 29.0 Å². The van der Waals surface area contributed by atoms with Crippen molar-refractivity contribution in [3.8, 4) is 11.1 Å². The largest absolute Gasteiger partial charge is 0.481 e. The van der Waals surface area contributed by atoms with Crippen LogP contribution in [0.2, 0.25) is 0 Å². The van der Waals surface area contributed by atoms with E-state index in [1.165, 1.54) is 12.0 Å². The molecule has 37 heavy (non-hydrogen) atoms. The molecule has 0 spiro atoms. The van der Waals surface area contributed by atoms with E-state index in [1.807, 2.05) is 66.7 Å². The maximum Gasteiger partial charge on any atom is 0.407 e. The Bertz CT molecular complexity index is 1200. The molecule has 0 bridgehead atoms. The van der Waals surface area contributed by atoms with Gasteiger partial charge >= 0.3 is 12.1 Å². The Morgan fingerprint density at radius 2 is 1.51 bits per heavy atom. The predicted molar refractivity (Wildman–Crippen MR) is 138 cm³/mol. The van der Waals surface area contributed by atoms with E-state index in [9.17, 15) is 14.4 Å². The molecule has 192 valence electrons. The molecule has 3 aromatic rings. The number of fused-ring (bicyclic) bond motifs is 3. The fourth-order valence-corrected chi connectivity index (χ4v) is 4.65. The second-order valence-corrected chi connectivity index (χ2v) is 8.87. The fourth-order valence-electron chi connectivity index (χ4n) is 4.65. The fraction of sp³-hybridized carbons (Fsp3) is 0.276. The number of rotatable bonds is 11. The molecular formula is C29H30N2O6. The molecule has 0 aliphatic heterocycles. The summed E-state index contributed by atoms with van der Waals surface area (Å²) in [4.78, 5) is 38.8. The Hall–Kier alpha value is -4.17. The zero-order valence-corrected chi connectivity index (χ0v) is 20.6. The summed E-state index contributed by atoms with van der Waals surface area (Å²) in [6.45, 7) is 0.233. The lowest BCUT2D eigenvalue weighted by Gasteiger charge is -2.27. The first kappa shape index (κ1) is 25.9. The van der Waals surface area contributed by atoms with Crippen molar-refractivity contribution in [3.05, 3.63) is 95.6 Å². The highest BCUT2D eigenvalue weighted by Gasteiger charge is 2.31. The third-order valence-corrected chi connectivity index (χ3v) is 6.39. The van der Waals surface area contributed by atoms with Crippen LogP contribution in [0.25, 0.3) is 11.1 Å². The molecular weight excluding hydrogens is 472 g/mol.